The Morgan fingerprint density at radius 2 is 2.11 bits per heavy atom. The van der Waals surface area contributed by atoms with Crippen LogP contribution < -0.4 is 15.2 Å². The second kappa shape index (κ2) is 4.65. The topological polar surface area (TPSA) is 44.5 Å². The Bertz CT molecular complexity index is 470. The highest BCUT2D eigenvalue weighted by molar-refractivity contribution is 5.43. The van der Waals surface area contributed by atoms with Crippen LogP contribution >= 0.6 is 0 Å². The molecule has 3 unspecified atom stereocenters. The van der Waals surface area contributed by atoms with E-state index in [0.717, 1.165) is 23.5 Å². The average molecular weight is 245 g/mol. The van der Waals surface area contributed by atoms with Crippen LogP contribution in [0, 0.1) is 11.8 Å². The summed E-state index contributed by atoms with van der Waals surface area (Å²) in [7, 11) is 1.67. The first-order valence-corrected chi connectivity index (χ1v) is 6.52. The van der Waals surface area contributed by atoms with Crippen molar-refractivity contribution in [1.29, 1.82) is 0 Å². The molecule has 0 amide bonds. The highest BCUT2D eigenvalue weighted by atomic mass is 16.5. The minimum atomic E-state index is 0.303. The first-order valence-electron chi connectivity index (χ1n) is 6.52. The molecule has 2 aliphatic rings. The summed E-state index contributed by atoms with van der Waals surface area (Å²) in [6.45, 7) is 0.521. The Hall–Kier alpha value is -1.48. The lowest BCUT2D eigenvalue weighted by Gasteiger charge is -2.21. The third kappa shape index (κ3) is 1.99. The third-order valence-corrected chi connectivity index (χ3v) is 3.96. The van der Waals surface area contributed by atoms with Gasteiger partial charge in [0, 0.05) is 12.5 Å². The molecule has 1 aromatic rings. The fourth-order valence-corrected chi connectivity index (χ4v) is 2.97. The summed E-state index contributed by atoms with van der Waals surface area (Å²) in [6.07, 6.45) is 7.29. The molecule has 0 radical (unpaired) electrons. The molecule has 2 N–H and O–H groups in total. The number of benzene rings is 1. The molecule has 2 aliphatic carbocycles. The van der Waals surface area contributed by atoms with Gasteiger partial charge < -0.3 is 15.2 Å². The molecule has 3 heteroatoms. The van der Waals surface area contributed by atoms with Crippen molar-refractivity contribution in [2.45, 2.75) is 25.5 Å². The number of ether oxygens (including phenoxy) is 2. The lowest BCUT2D eigenvalue weighted by atomic mass is 10.0. The van der Waals surface area contributed by atoms with E-state index in [-0.39, 0.29) is 0 Å². The van der Waals surface area contributed by atoms with Crippen LogP contribution in [0.1, 0.15) is 18.4 Å². The fourth-order valence-electron chi connectivity index (χ4n) is 2.97. The number of rotatable bonds is 4. The highest BCUT2D eigenvalue weighted by Crippen LogP contribution is 2.42. The van der Waals surface area contributed by atoms with Crippen LogP contribution in [0.5, 0.6) is 11.5 Å². The van der Waals surface area contributed by atoms with Crippen LogP contribution in [0.15, 0.2) is 30.4 Å². The Labute approximate surface area is 108 Å². The molecule has 96 valence electrons. The van der Waals surface area contributed by atoms with Crippen molar-refractivity contribution < 1.29 is 9.47 Å². The molecule has 1 fully saturated rings. The zero-order valence-corrected chi connectivity index (χ0v) is 10.6. The van der Waals surface area contributed by atoms with Gasteiger partial charge in [0.25, 0.3) is 0 Å². The number of methoxy groups -OCH3 is 1. The van der Waals surface area contributed by atoms with Gasteiger partial charge >= 0.3 is 0 Å². The lowest BCUT2D eigenvalue weighted by Crippen LogP contribution is -2.21. The first-order chi connectivity index (χ1) is 8.80. The molecule has 0 aromatic heterocycles. The molecular weight excluding hydrogens is 226 g/mol. The van der Waals surface area contributed by atoms with Crippen LogP contribution in [-0.2, 0) is 6.54 Å². The summed E-state index contributed by atoms with van der Waals surface area (Å²) in [6, 6.07) is 5.93. The van der Waals surface area contributed by atoms with Gasteiger partial charge in [-0.05, 0) is 36.5 Å². The van der Waals surface area contributed by atoms with Gasteiger partial charge in [0.2, 0.25) is 0 Å². The number of allylic oxidation sites excluding steroid dienone is 1. The molecule has 0 aliphatic heterocycles. The second-order valence-electron chi connectivity index (χ2n) is 5.13. The van der Waals surface area contributed by atoms with E-state index in [1.54, 1.807) is 7.11 Å². The summed E-state index contributed by atoms with van der Waals surface area (Å²) in [4.78, 5) is 0. The second-order valence-corrected chi connectivity index (χ2v) is 5.13. The minimum Gasteiger partial charge on any atom is -0.493 e. The van der Waals surface area contributed by atoms with E-state index < -0.39 is 0 Å². The maximum atomic E-state index is 6.11. The number of fused-ring (bicyclic) bond motifs is 2. The van der Waals surface area contributed by atoms with Crippen molar-refractivity contribution >= 4 is 0 Å². The van der Waals surface area contributed by atoms with Gasteiger partial charge in [-0.2, -0.15) is 0 Å². The van der Waals surface area contributed by atoms with Gasteiger partial charge in [-0.15, -0.1) is 0 Å². The Balaban J connectivity index is 1.78. The quantitative estimate of drug-likeness (QED) is 0.829. The molecule has 2 bridgehead atoms. The number of nitrogens with two attached hydrogens (primary N) is 1. The van der Waals surface area contributed by atoms with E-state index >= 15 is 0 Å². The van der Waals surface area contributed by atoms with Crippen LogP contribution in [0.4, 0.5) is 0 Å². The number of hydrogen-bond acceptors (Lipinski definition) is 3. The van der Waals surface area contributed by atoms with Gasteiger partial charge in [0.05, 0.1) is 7.11 Å². The van der Waals surface area contributed by atoms with Crippen molar-refractivity contribution in [2.24, 2.45) is 17.6 Å². The standard InChI is InChI=1S/C15H19NO2/c1-17-15-8-11(9-16)3-5-13(15)18-14-7-10-2-4-12(14)6-10/h2-5,8,10,12,14H,6-7,9,16H2,1H3. The zero-order valence-electron chi connectivity index (χ0n) is 10.6. The number of hydrogen-bond donors (Lipinski definition) is 1. The van der Waals surface area contributed by atoms with Crippen molar-refractivity contribution in [3.63, 3.8) is 0 Å². The maximum Gasteiger partial charge on any atom is 0.161 e. The Morgan fingerprint density at radius 3 is 2.72 bits per heavy atom. The van der Waals surface area contributed by atoms with Crippen molar-refractivity contribution in [3.8, 4) is 11.5 Å². The first kappa shape index (κ1) is 11.6. The van der Waals surface area contributed by atoms with Crippen LogP contribution in [-0.4, -0.2) is 13.2 Å². The third-order valence-electron chi connectivity index (χ3n) is 3.96. The zero-order chi connectivity index (χ0) is 12.5. The largest absolute Gasteiger partial charge is 0.493 e. The normalized spacial score (nSPS) is 28.7. The predicted molar refractivity (Wildman–Crippen MR) is 70.7 cm³/mol. The van der Waals surface area contributed by atoms with Gasteiger partial charge in [-0.1, -0.05) is 18.2 Å². The molecule has 3 atom stereocenters. The van der Waals surface area contributed by atoms with Crippen molar-refractivity contribution in [1.82, 2.24) is 0 Å². The van der Waals surface area contributed by atoms with E-state index in [4.69, 9.17) is 15.2 Å². The highest BCUT2D eigenvalue weighted by Gasteiger charge is 2.37. The van der Waals surface area contributed by atoms with E-state index in [1.165, 1.54) is 6.42 Å². The summed E-state index contributed by atoms with van der Waals surface area (Å²) >= 11 is 0. The Kier molecular flexibility index (Phi) is 3.00. The van der Waals surface area contributed by atoms with E-state index in [9.17, 15) is 0 Å². The fraction of sp³-hybridized carbons (Fsp3) is 0.467. The minimum absolute atomic E-state index is 0.303. The summed E-state index contributed by atoms with van der Waals surface area (Å²) in [5.41, 5.74) is 6.69. The van der Waals surface area contributed by atoms with Crippen molar-refractivity contribution in [2.75, 3.05) is 7.11 Å². The van der Waals surface area contributed by atoms with Crippen LogP contribution in [0.25, 0.3) is 0 Å². The van der Waals surface area contributed by atoms with E-state index in [1.807, 2.05) is 18.2 Å². The van der Waals surface area contributed by atoms with Gasteiger partial charge in [0.1, 0.15) is 6.10 Å². The van der Waals surface area contributed by atoms with E-state index in [2.05, 4.69) is 12.2 Å². The molecule has 1 saturated carbocycles. The van der Waals surface area contributed by atoms with Crippen molar-refractivity contribution in [3.05, 3.63) is 35.9 Å². The average Bonchev–Trinajstić information content (AvgIpc) is 3.01. The van der Waals surface area contributed by atoms with Crippen LogP contribution in [0.2, 0.25) is 0 Å². The predicted octanol–water partition coefficient (Wildman–Crippen LogP) is 2.50. The molecule has 3 nitrogen and oxygen atoms in total. The molecule has 18 heavy (non-hydrogen) atoms. The monoisotopic (exact) mass is 245 g/mol. The Morgan fingerprint density at radius 1 is 1.22 bits per heavy atom. The summed E-state index contributed by atoms with van der Waals surface area (Å²) in [5.74, 6) is 2.91. The molecule has 3 rings (SSSR count). The summed E-state index contributed by atoms with van der Waals surface area (Å²) in [5, 5.41) is 0. The lowest BCUT2D eigenvalue weighted by molar-refractivity contribution is 0.168. The molecule has 0 spiro atoms. The van der Waals surface area contributed by atoms with Gasteiger partial charge in [0.15, 0.2) is 11.5 Å². The van der Waals surface area contributed by atoms with Crippen LogP contribution in [0.3, 0.4) is 0 Å². The van der Waals surface area contributed by atoms with Gasteiger partial charge in [-0.3, -0.25) is 0 Å². The molecule has 0 heterocycles. The van der Waals surface area contributed by atoms with Gasteiger partial charge in [-0.25, -0.2) is 0 Å². The SMILES string of the molecule is COc1cc(CN)ccc1OC1CC2C=CC1C2. The maximum absolute atomic E-state index is 6.11. The summed E-state index contributed by atoms with van der Waals surface area (Å²) < 4.78 is 11.5. The molecular formula is C15H19NO2. The molecule has 0 saturated heterocycles. The van der Waals surface area contributed by atoms with E-state index in [0.29, 0.717) is 24.5 Å². The molecule has 1 aromatic carbocycles. The smallest absolute Gasteiger partial charge is 0.161 e.